The Morgan fingerprint density at radius 3 is 2.79 bits per heavy atom. The average molecular weight is 390 g/mol. The van der Waals surface area contributed by atoms with Crippen LogP contribution in [0, 0.1) is 0 Å². The van der Waals surface area contributed by atoms with Gasteiger partial charge in [-0.05, 0) is 31.0 Å². The van der Waals surface area contributed by atoms with Crippen LogP contribution in [-0.4, -0.2) is 45.6 Å². The van der Waals surface area contributed by atoms with Gasteiger partial charge in [-0.3, -0.25) is 4.90 Å². The summed E-state index contributed by atoms with van der Waals surface area (Å²) in [6.07, 6.45) is 6.88. The maximum Gasteiger partial charge on any atom is 0.219 e. The standard InChI is InChI=1S/C23H27N5O/c1-16(24-2)17-6-9-23(25-15-17)29-19-7-8-20-21(14-19)28-13-12-27(18-4-3-5-18)11-10-22(28)26-20/h6-9,14-15,18,24H,1,3-5,10-13H2,2H3. The first-order chi connectivity index (χ1) is 14.2. The number of pyridine rings is 1. The number of aromatic nitrogens is 3. The van der Waals surface area contributed by atoms with Gasteiger partial charge in [0.1, 0.15) is 11.6 Å². The number of imidazole rings is 1. The molecule has 3 heterocycles. The summed E-state index contributed by atoms with van der Waals surface area (Å²) in [6.45, 7) is 7.17. The second-order valence-corrected chi connectivity index (χ2v) is 7.92. The van der Waals surface area contributed by atoms with E-state index in [0.717, 1.165) is 60.1 Å². The lowest BCUT2D eigenvalue weighted by Gasteiger charge is -2.36. The van der Waals surface area contributed by atoms with Crippen LogP contribution in [0.4, 0.5) is 0 Å². The van der Waals surface area contributed by atoms with Crippen molar-refractivity contribution in [1.82, 2.24) is 24.8 Å². The molecule has 1 aromatic carbocycles. The molecule has 1 saturated carbocycles. The van der Waals surface area contributed by atoms with Gasteiger partial charge in [-0.15, -0.1) is 0 Å². The van der Waals surface area contributed by atoms with Crippen molar-refractivity contribution in [3.05, 3.63) is 54.5 Å². The fourth-order valence-electron chi connectivity index (χ4n) is 4.24. The van der Waals surface area contributed by atoms with Crippen LogP contribution in [0.2, 0.25) is 0 Å². The number of nitrogens with zero attached hydrogens (tertiary/aromatic N) is 4. The molecule has 0 atom stereocenters. The van der Waals surface area contributed by atoms with E-state index < -0.39 is 0 Å². The molecule has 2 aromatic heterocycles. The van der Waals surface area contributed by atoms with E-state index in [0.29, 0.717) is 5.88 Å². The first-order valence-corrected chi connectivity index (χ1v) is 10.5. The average Bonchev–Trinajstić information content (AvgIpc) is 2.92. The molecule has 0 unspecified atom stereocenters. The molecule has 1 fully saturated rings. The Labute approximate surface area is 171 Å². The van der Waals surface area contributed by atoms with Gasteiger partial charge in [0.2, 0.25) is 5.88 Å². The quantitative estimate of drug-likeness (QED) is 0.719. The van der Waals surface area contributed by atoms with Crippen molar-refractivity contribution in [3.8, 4) is 11.6 Å². The summed E-state index contributed by atoms with van der Waals surface area (Å²) in [5.74, 6) is 2.55. The van der Waals surface area contributed by atoms with E-state index in [-0.39, 0.29) is 0 Å². The third kappa shape index (κ3) is 3.49. The summed E-state index contributed by atoms with van der Waals surface area (Å²) in [6, 6.07) is 10.7. The van der Waals surface area contributed by atoms with E-state index in [9.17, 15) is 0 Å². The number of benzene rings is 1. The summed E-state index contributed by atoms with van der Waals surface area (Å²) in [4.78, 5) is 11.9. The maximum atomic E-state index is 6.02. The van der Waals surface area contributed by atoms with Crippen LogP contribution in [0.15, 0.2) is 43.1 Å². The smallest absolute Gasteiger partial charge is 0.219 e. The number of fused-ring (bicyclic) bond motifs is 3. The highest BCUT2D eigenvalue weighted by Crippen LogP contribution is 2.29. The summed E-state index contributed by atoms with van der Waals surface area (Å²) in [5, 5.41) is 3.03. The van der Waals surface area contributed by atoms with Crippen molar-refractivity contribution in [2.24, 2.45) is 0 Å². The van der Waals surface area contributed by atoms with Crippen molar-refractivity contribution in [1.29, 1.82) is 0 Å². The minimum Gasteiger partial charge on any atom is -0.439 e. The van der Waals surface area contributed by atoms with Gasteiger partial charge in [0, 0.05) is 68.7 Å². The van der Waals surface area contributed by atoms with Crippen LogP contribution in [-0.2, 0) is 13.0 Å². The van der Waals surface area contributed by atoms with Crippen molar-refractivity contribution in [2.45, 2.75) is 38.3 Å². The van der Waals surface area contributed by atoms with Gasteiger partial charge in [-0.1, -0.05) is 13.0 Å². The van der Waals surface area contributed by atoms with Crippen molar-refractivity contribution >= 4 is 16.7 Å². The molecule has 1 aliphatic carbocycles. The van der Waals surface area contributed by atoms with Crippen molar-refractivity contribution in [3.63, 3.8) is 0 Å². The predicted octanol–water partition coefficient (Wildman–Crippen LogP) is 3.82. The summed E-state index contributed by atoms with van der Waals surface area (Å²) in [5.41, 5.74) is 3.97. The predicted molar refractivity (Wildman–Crippen MR) is 115 cm³/mol. The Balaban J connectivity index is 1.36. The summed E-state index contributed by atoms with van der Waals surface area (Å²) >= 11 is 0. The lowest BCUT2D eigenvalue weighted by Crippen LogP contribution is -2.41. The molecule has 0 spiro atoms. The Morgan fingerprint density at radius 1 is 1.17 bits per heavy atom. The van der Waals surface area contributed by atoms with Crippen molar-refractivity contribution < 1.29 is 4.74 Å². The largest absolute Gasteiger partial charge is 0.439 e. The second kappa shape index (κ2) is 7.52. The SMILES string of the molecule is C=C(NC)c1ccc(Oc2ccc3nc4n(c3c2)CCN(C2CCC2)CC4)nc1. The van der Waals surface area contributed by atoms with E-state index in [1.807, 2.05) is 31.3 Å². The molecule has 29 heavy (non-hydrogen) atoms. The normalized spacial score (nSPS) is 17.4. The molecule has 0 radical (unpaired) electrons. The number of hydrogen-bond acceptors (Lipinski definition) is 5. The monoisotopic (exact) mass is 389 g/mol. The third-order valence-corrected chi connectivity index (χ3v) is 6.23. The molecule has 3 aromatic rings. The van der Waals surface area contributed by atoms with Gasteiger partial charge in [-0.25, -0.2) is 9.97 Å². The molecule has 0 amide bonds. The molecule has 0 bridgehead atoms. The van der Waals surface area contributed by atoms with Gasteiger partial charge in [0.05, 0.1) is 11.0 Å². The van der Waals surface area contributed by atoms with Crippen LogP contribution in [0.5, 0.6) is 11.6 Å². The highest BCUT2D eigenvalue weighted by Gasteiger charge is 2.27. The minimum absolute atomic E-state index is 0.573. The zero-order valence-electron chi connectivity index (χ0n) is 16.9. The second-order valence-electron chi connectivity index (χ2n) is 7.92. The fraction of sp³-hybridized carbons (Fsp3) is 0.391. The Hall–Kier alpha value is -2.86. The van der Waals surface area contributed by atoms with Gasteiger partial charge >= 0.3 is 0 Å². The van der Waals surface area contributed by atoms with Crippen LogP contribution < -0.4 is 10.1 Å². The molecule has 0 saturated heterocycles. The molecule has 1 aliphatic heterocycles. The van der Waals surface area contributed by atoms with Gasteiger partial charge in [-0.2, -0.15) is 0 Å². The lowest BCUT2D eigenvalue weighted by molar-refractivity contribution is 0.130. The van der Waals surface area contributed by atoms with Crippen LogP contribution in [0.1, 0.15) is 30.7 Å². The number of nitrogens with one attached hydrogen (secondary N) is 1. The zero-order chi connectivity index (χ0) is 19.8. The first kappa shape index (κ1) is 18.2. The molecule has 6 nitrogen and oxygen atoms in total. The van der Waals surface area contributed by atoms with Gasteiger partial charge < -0.3 is 14.6 Å². The van der Waals surface area contributed by atoms with Gasteiger partial charge in [0.25, 0.3) is 0 Å². The summed E-state index contributed by atoms with van der Waals surface area (Å²) in [7, 11) is 1.85. The van der Waals surface area contributed by atoms with Crippen LogP contribution in [0.3, 0.4) is 0 Å². The maximum absolute atomic E-state index is 6.02. The third-order valence-electron chi connectivity index (χ3n) is 6.23. The minimum atomic E-state index is 0.573. The number of rotatable bonds is 5. The molecule has 150 valence electrons. The molecule has 2 aliphatic rings. The van der Waals surface area contributed by atoms with E-state index in [4.69, 9.17) is 9.72 Å². The topological polar surface area (TPSA) is 55.2 Å². The number of hydrogen-bond donors (Lipinski definition) is 1. The molecule has 1 N–H and O–H groups in total. The zero-order valence-corrected chi connectivity index (χ0v) is 16.9. The van der Waals surface area contributed by atoms with E-state index >= 15 is 0 Å². The van der Waals surface area contributed by atoms with Gasteiger partial charge in [0.15, 0.2) is 0 Å². The Kier molecular flexibility index (Phi) is 4.72. The van der Waals surface area contributed by atoms with Crippen LogP contribution in [0.25, 0.3) is 16.7 Å². The Morgan fingerprint density at radius 2 is 2.07 bits per heavy atom. The molecular formula is C23H27N5O. The number of ether oxygens (including phenoxy) is 1. The van der Waals surface area contributed by atoms with E-state index in [1.165, 1.54) is 25.1 Å². The lowest BCUT2D eigenvalue weighted by atomic mass is 9.91. The molecule has 6 heteroatoms. The van der Waals surface area contributed by atoms with Crippen LogP contribution >= 0.6 is 0 Å². The van der Waals surface area contributed by atoms with E-state index in [1.54, 1.807) is 6.20 Å². The first-order valence-electron chi connectivity index (χ1n) is 10.5. The highest BCUT2D eigenvalue weighted by atomic mass is 16.5. The highest BCUT2D eigenvalue weighted by molar-refractivity contribution is 5.78. The molecular weight excluding hydrogens is 362 g/mol. The Bertz CT molecular complexity index is 1040. The molecule has 5 rings (SSSR count). The summed E-state index contributed by atoms with van der Waals surface area (Å²) < 4.78 is 8.39. The van der Waals surface area contributed by atoms with E-state index in [2.05, 4.69) is 32.4 Å². The van der Waals surface area contributed by atoms with Crippen molar-refractivity contribution in [2.75, 3.05) is 20.1 Å². The fourth-order valence-corrected chi connectivity index (χ4v) is 4.24.